The van der Waals surface area contributed by atoms with Crippen LogP contribution in [-0.2, 0) is 12.7 Å². The molecule has 2 heterocycles. The molecule has 0 aliphatic carbocycles. The number of nitrogens with zero attached hydrogens (tertiary/aromatic N) is 1. The van der Waals surface area contributed by atoms with Crippen molar-refractivity contribution in [3.63, 3.8) is 0 Å². The van der Waals surface area contributed by atoms with E-state index in [2.05, 4.69) is 15.3 Å². The van der Waals surface area contributed by atoms with Crippen LogP contribution < -0.4 is 10.1 Å². The summed E-state index contributed by atoms with van der Waals surface area (Å²) < 4.78 is 43.4. The van der Waals surface area contributed by atoms with E-state index in [4.69, 9.17) is 16.3 Å². The van der Waals surface area contributed by atoms with E-state index < -0.39 is 11.7 Å². The molecule has 0 saturated carbocycles. The van der Waals surface area contributed by atoms with Crippen LogP contribution >= 0.6 is 11.6 Å². The van der Waals surface area contributed by atoms with Gasteiger partial charge in [-0.15, -0.1) is 0 Å². The summed E-state index contributed by atoms with van der Waals surface area (Å²) in [6, 6.07) is 6.11. The van der Waals surface area contributed by atoms with E-state index in [0.717, 1.165) is 22.5 Å². The minimum Gasteiger partial charge on any atom is -0.437 e. The van der Waals surface area contributed by atoms with Crippen molar-refractivity contribution in [2.24, 2.45) is 0 Å². The normalized spacial score (nSPS) is 11.9. The highest BCUT2D eigenvalue weighted by Crippen LogP contribution is 2.35. The van der Waals surface area contributed by atoms with Crippen LogP contribution in [0.25, 0.3) is 10.9 Å². The van der Waals surface area contributed by atoms with Crippen molar-refractivity contribution >= 4 is 22.5 Å². The van der Waals surface area contributed by atoms with Crippen LogP contribution in [-0.4, -0.2) is 17.0 Å². The van der Waals surface area contributed by atoms with Gasteiger partial charge < -0.3 is 15.0 Å². The van der Waals surface area contributed by atoms with Crippen LogP contribution in [0.5, 0.6) is 11.6 Å². The lowest BCUT2D eigenvalue weighted by molar-refractivity contribution is -0.137. The van der Waals surface area contributed by atoms with Gasteiger partial charge in [-0.1, -0.05) is 11.6 Å². The number of hydrogen-bond donors (Lipinski definition) is 2. The predicted octanol–water partition coefficient (Wildman–Crippen LogP) is 4.75. The van der Waals surface area contributed by atoms with Gasteiger partial charge in [-0.05, 0) is 30.8 Å². The van der Waals surface area contributed by atoms with Gasteiger partial charge in [0.25, 0.3) is 0 Å². The number of fused-ring (bicyclic) bond motifs is 1. The number of nitrogens with one attached hydrogen (secondary N) is 2. The zero-order chi connectivity index (χ0) is 17.3. The highest BCUT2D eigenvalue weighted by molar-refractivity contribution is 6.31. The third-order valence-corrected chi connectivity index (χ3v) is 3.73. The van der Waals surface area contributed by atoms with E-state index in [9.17, 15) is 13.2 Å². The summed E-state index contributed by atoms with van der Waals surface area (Å²) in [6.45, 7) is 0.715. The number of hydrogen-bond acceptors (Lipinski definition) is 3. The van der Waals surface area contributed by atoms with Crippen LogP contribution in [0, 0.1) is 0 Å². The summed E-state index contributed by atoms with van der Waals surface area (Å²) in [4.78, 5) is 6.78. The fraction of sp³-hybridized carbons (Fsp3) is 0.188. The molecule has 0 bridgehead atoms. The number of benzene rings is 1. The maximum Gasteiger partial charge on any atom is 0.417 e. The molecule has 2 aromatic heterocycles. The maximum atomic E-state index is 12.6. The van der Waals surface area contributed by atoms with Crippen molar-refractivity contribution in [3.8, 4) is 11.6 Å². The molecule has 0 unspecified atom stereocenters. The Morgan fingerprint density at radius 3 is 2.75 bits per heavy atom. The molecule has 4 nitrogen and oxygen atoms in total. The van der Waals surface area contributed by atoms with Gasteiger partial charge in [0, 0.05) is 35.9 Å². The van der Waals surface area contributed by atoms with Crippen LogP contribution in [0.2, 0.25) is 5.02 Å². The number of alkyl halides is 3. The Bertz CT molecular complexity index is 877. The topological polar surface area (TPSA) is 49.9 Å². The quantitative estimate of drug-likeness (QED) is 0.710. The van der Waals surface area contributed by atoms with E-state index in [-0.39, 0.29) is 10.9 Å². The number of aromatic amines is 1. The van der Waals surface area contributed by atoms with Crippen molar-refractivity contribution in [1.29, 1.82) is 0 Å². The molecule has 0 aliphatic heterocycles. The molecule has 2 N–H and O–H groups in total. The second kappa shape index (κ2) is 6.33. The molecule has 0 aliphatic rings. The monoisotopic (exact) mass is 355 g/mol. The Balaban J connectivity index is 1.87. The summed E-state index contributed by atoms with van der Waals surface area (Å²) in [6.07, 6.45) is -1.92. The molecular weight excluding hydrogens is 343 g/mol. The Morgan fingerprint density at radius 1 is 1.29 bits per heavy atom. The van der Waals surface area contributed by atoms with Crippen molar-refractivity contribution in [3.05, 3.63) is 52.8 Å². The van der Waals surface area contributed by atoms with E-state index in [0.29, 0.717) is 18.5 Å². The largest absolute Gasteiger partial charge is 0.437 e. The number of rotatable bonds is 4. The van der Waals surface area contributed by atoms with Gasteiger partial charge in [-0.2, -0.15) is 13.2 Å². The van der Waals surface area contributed by atoms with Gasteiger partial charge in [0.2, 0.25) is 5.88 Å². The Hall–Kier alpha value is -2.25. The molecule has 1 aromatic carbocycles. The van der Waals surface area contributed by atoms with E-state index in [1.165, 1.54) is 0 Å². The van der Waals surface area contributed by atoms with Gasteiger partial charge in [-0.25, -0.2) is 4.98 Å². The standard InChI is InChI=1S/C16H13ClF3N3O/c1-21-6-9-7-22-14-5-11(2-3-12(9)14)24-15-13(17)4-10(8-23-15)16(18,19)20/h2-5,7-8,21-22H,6H2,1H3. The molecule has 126 valence electrons. The van der Waals surface area contributed by atoms with Crippen LogP contribution in [0.4, 0.5) is 13.2 Å². The van der Waals surface area contributed by atoms with Gasteiger partial charge in [0.1, 0.15) is 10.8 Å². The molecule has 8 heteroatoms. The summed E-state index contributed by atoms with van der Waals surface area (Å²) in [5, 5.41) is 3.90. The molecule has 0 atom stereocenters. The number of ether oxygens (including phenoxy) is 1. The lowest BCUT2D eigenvalue weighted by atomic mass is 10.1. The lowest BCUT2D eigenvalue weighted by Gasteiger charge is -2.10. The molecule has 0 spiro atoms. The van der Waals surface area contributed by atoms with Crippen LogP contribution in [0.15, 0.2) is 36.7 Å². The average Bonchev–Trinajstić information content (AvgIpc) is 2.91. The Kier molecular flexibility index (Phi) is 4.38. The number of H-pyrrole nitrogens is 1. The molecular formula is C16H13ClF3N3O. The first-order valence-corrected chi connectivity index (χ1v) is 7.41. The fourth-order valence-electron chi connectivity index (χ4n) is 2.33. The third-order valence-electron chi connectivity index (χ3n) is 3.46. The van der Waals surface area contributed by atoms with Crippen molar-refractivity contribution in [1.82, 2.24) is 15.3 Å². The average molecular weight is 356 g/mol. The summed E-state index contributed by atoms with van der Waals surface area (Å²) >= 11 is 5.85. The van der Waals surface area contributed by atoms with Crippen LogP contribution in [0.1, 0.15) is 11.1 Å². The van der Waals surface area contributed by atoms with E-state index in [1.54, 1.807) is 12.1 Å². The first-order valence-electron chi connectivity index (χ1n) is 7.03. The zero-order valence-corrected chi connectivity index (χ0v) is 13.3. The molecule has 24 heavy (non-hydrogen) atoms. The van der Waals surface area contributed by atoms with Gasteiger partial charge >= 0.3 is 6.18 Å². The Labute approximate surface area is 140 Å². The number of halogens is 4. The molecule has 0 saturated heterocycles. The minimum atomic E-state index is -4.50. The van der Waals surface area contributed by atoms with Crippen molar-refractivity contribution in [2.75, 3.05) is 7.05 Å². The Morgan fingerprint density at radius 2 is 2.08 bits per heavy atom. The summed E-state index contributed by atoms with van der Waals surface area (Å²) in [7, 11) is 1.86. The second-order valence-electron chi connectivity index (χ2n) is 5.16. The highest BCUT2D eigenvalue weighted by atomic mass is 35.5. The smallest absolute Gasteiger partial charge is 0.417 e. The third kappa shape index (κ3) is 3.32. The van der Waals surface area contributed by atoms with E-state index >= 15 is 0 Å². The molecule has 0 radical (unpaired) electrons. The molecule has 3 aromatic rings. The lowest BCUT2D eigenvalue weighted by Crippen LogP contribution is -2.05. The highest BCUT2D eigenvalue weighted by Gasteiger charge is 2.31. The SMILES string of the molecule is CNCc1c[nH]c2cc(Oc3ncc(C(F)(F)F)cc3Cl)ccc12. The van der Waals surface area contributed by atoms with Crippen LogP contribution in [0.3, 0.4) is 0 Å². The second-order valence-corrected chi connectivity index (χ2v) is 5.57. The van der Waals surface area contributed by atoms with Gasteiger partial charge in [-0.3, -0.25) is 0 Å². The summed E-state index contributed by atoms with van der Waals surface area (Å²) in [5.41, 5.74) is 1.03. The first-order chi connectivity index (χ1) is 11.4. The molecule has 0 amide bonds. The van der Waals surface area contributed by atoms with Crippen molar-refractivity contribution in [2.45, 2.75) is 12.7 Å². The van der Waals surface area contributed by atoms with Gasteiger partial charge in [0.15, 0.2) is 0 Å². The van der Waals surface area contributed by atoms with Gasteiger partial charge in [0.05, 0.1) is 5.56 Å². The molecule has 0 fully saturated rings. The van der Waals surface area contributed by atoms with E-state index in [1.807, 2.05) is 19.3 Å². The number of pyridine rings is 1. The maximum absolute atomic E-state index is 12.6. The number of aromatic nitrogens is 2. The first kappa shape index (κ1) is 16.6. The van der Waals surface area contributed by atoms with Crippen molar-refractivity contribution < 1.29 is 17.9 Å². The summed E-state index contributed by atoms with van der Waals surface area (Å²) in [5.74, 6) is 0.348. The predicted molar refractivity (Wildman–Crippen MR) is 85.4 cm³/mol. The fourth-order valence-corrected chi connectivity index (χ4v) is 2.54. The zero-order valence-electron chi connectivity index (χ0n) is 12.5. The molecule has 3 rings (SSSR count). The minimum absolute atomic E-state index is 0.0778.